The molecule has 0 aromatic heterocycles. The topological polar surface area (TPSA) is 131 Å². The fourth-order valence-corrected chi connectivity index (χ4v) is 7.66. The van der Waals surface area contributed by atoms with Crippen molar-refractivity contribution in [1.29, 1.82) is 0 Å². The summed E-state index contributed by atoms with van der Waals surface area (Å²) in [5.41, 5.74) is 5.38. The van der Waals surface area contributed by atoms with Gasteiger partial charge in [-0.1, -0.05) is 199 Å². The molecule has 3 atom stereocenters. The van der Waals surface area contributed by atoms with Crippen molar-refractivity contribution < 1.29 is 28.4 Å². The van der Waals surface area contributed by atoms with Gasteiger partial charge in [0.1, 0.15) is 0 Å². The van der Waals surface area contributed by atoms with Crippen molar-refractivity contribution in [2.45, 2.75) is 244 Å². The van der Waals surface area contributed by atoms with Crippen molar-refractivity contribution in [3.63, 3.8) is 0 Å². The fourth-order valence-electron chi connectivity index (χ4n) is 6.90. The van der Waals surface area contributed by atoms with E-state index in [-0.39, 0.29) is 25.7 Å². The van der Waals surface area contributed by atoms with E-state index in [4.69, 9.17) is 14.8 Å². The molecular formula is C44H89N2O6P. The van der Waals surface area contributed by atoms with Gasteiger partial charge in [-0.05, 0) is 38.5 Å². The second-order valence-corrected chi connectivity index (χ2v) is 17.1. The van der Waals surface area contributed by atoms with Crippen LogP contribution in [-0.2, 0) is 18.4 Å². The zero-order valence-electron chi connectivity index (χ0n) is 35.0. The van der Waals surface area contributed by atoms with Gasteiger partial charge in [-0.15, -0.1) is 0 Å². The average molecular weight is 773 g/mol. The van der Waals surface area contributed by atoms with Crippen LogP contribution in [0.5, 0.6) is 0 Å². The summed E-state index contributed by atoms with van der Waals surface area (Å²) in [6.07, 6.45) is 45.1. The minimum Gasteiger partial charge on any atom is -0.391 e. The van der Waals surface area contributed by atoms with Gasteiger partial charge in [-0.25, -0.2) is 4.57 Å². The lowest BCUT2D eigenvalue weighted by molar-refractivity contribution is -0.123. The van der Waals surface area contributed by atoms with E-state index < -0.39 is 20.0 Å². The first-order chi connectivity index (χ1) is 25.9. The smallest absolute Gasteiger partial charge is 0.391 e. The van der Waals surface area contributed by atoms with E-state index in [9.17, 15) is 19.4 Å². The van der Waals surface area contributed by atoms with Crippen molar-refractivity contribution >= 4 is 13.7 Å². The Kier molecular flexibility index (Phi) is 40.3. The third kappa shape index (κ3) is 39.3. The van der Waals surface area contributed by atoms with Crippen molar-refractivity contribution in [2.24, 2.45) is 5.73 Å². The maximum absolute atomic E-state index is 12.8. The van der Waals surface area contributed by atoms with Crippen LogP contribution in [0.25, 0.3) is 0 Å². The second kappa shape index (κ2) is 40.9. The lowest BCUT2D eigenvalue weighted by Crippen LogP contribution is -2.46. The van der Waals surface area contributed by atoms with E-state index in [0.29, 0.717) is 12.8 Å². The molecule has 0 aliphatic rings. The molecule has 0 fully saturated rings. The molecule has 53 heavy (non-hydrogen) atoms. The quantitative estimate of drug-likeness (QED) is 0.0276. The van der Waals surface area contributed by atoms with Gasteiger partial charge in [0.05, 0.1) is 25.4 Å². The summed E-state index contributed by atoms with van der Waals surface area (Å²) in [5.74, 6) is -0.168. The number of unbranched alkanes of at least 4 members (excludes halogenated alkanes) is 29. The number of phosphoric acid groups is 1. The van der Waals surface area contributed by atoms with Crippen LogP contribution in [0.2, 0.25) is 0 Å². The molecule has 0 aliphatic heterocycles. The van der Waals surface area contributed by atoms with E-state index in [1.54, 1.807) is 0 Å². The van der Waals surface area contributed by atoms with E-state index in [1.807, 2.05) is 0 Å². The Morgan fingerprint density at radius 1 is 0.604 bits per heavy atom. The Bertz CT molecular complexity index is 845. The number of carbonyl (C=O) groups is 1. The van der Waals surface area contributed by atoms with Crippen LogP contribution in [0.3, 0.4) is 0 Å². The summed E-state index contributed by atoms with van der Waals surface area (Å²) < 4.78 is 22.2. The Morgan fingerprint density at radius 2 is 0.981 bits per heavy atom. The van der Waals surface area contributed by atoms with Crippen LogP contribution in [0.15, 0.2) is 12.2 Å². The van der Waals surface area contributed by atoms with Crippen molar-refractivity contribution in [1.82, 2.24) is 5.32 Å². The number of hydrogen-bond acceptors (Lipinski definition) is 6. The maximum atomic E-state index is 12.8. The molecule has 0 aromatic carbocycles. The second-order valence-electron chi connectivity index (χ2n) is 15.6. The number of nitrogens with one attached hydrogen (secondary N) is 1. The number of carbonyl (C=O) groups excluding carboxylic acids is 1. The number of amides is 1. The third-order valence-corrected chi connectivity index (χ3v) is 11.4. The minimum absolute atomic E-state index is 0.0893. The Labute approximate surface area is 328 Å². The van der Waals surface area contributed by atoms with Crippen LogP contribution in [-0.4, -0.2) is 47.8 Å². The molecule has 0 radical (unpaired) electrons. The van der Waals surface area contributed by atoms with Crippen molar-refractivity contribution in [3.05, 3.63) is 12.2 Å². The van der Waals surface area contributed by atoms with Crippen LogP contribution in [0.4, 0.5) is 0 Å². The number of phosphoric ester groups is 1. The van der Waals surface area contributed by atoms with Crippen molar-refractivity contribution in [2.75, 3.05) is 19.8 Å². The highest BCUT2D eigenvalue weighted by Crippen LogP contribution is 2.43. The lowest BCUT2D eigenvalue weighted by Gasteiger charge is -2.25. The molecule has 0 heterocycles. The summed E-state index contributed by atoms with van der Waals surface area (Å²) in [7, 11) is -4.31. The lowest BCUT2D eigenvalue weighted by atomic mass is 10.0. The first kappa shape index (κ1) is 52.2. The highest BCUT2D eigenvalue weighted by Gasteiger charge is 2.27. The zero-order chi connectivity index (χ0) is 38.9. The molecule has 0 spiro atoms. The first-order valence-corrected chi connectivity index (χ1v) is 24.3. The number of rotatable bonds is 43. The summed E-state index contributed by atoms with van der Waals surface area (Å²) in [6, 6.07) is -0.775. The van der Waals surface area contributed by atoms with Crippen LogP contribution in [0, 0.1) is 0 Å². The molecule has 5 N–H and O–H groups in total. The van der Waals surface area contributed by atoms with E-state index >= 15 is 0 Å². The van der Waals surface area contributed by atoms with Gasteiger partial charge >= 0.3 is 7.82 Å². The minimum atomic E-state index is -4.31. The molecule has 9 heteroatoms. The fraction of sp³-hybridized carbons (Fsp3) is 0.932. The molecular weight excluding hydrogens is 683 g/mol. The predicted molar refractivity (Wildman–Crippen MR) is 226 cm³/mol. The van der Waals surface area contributed by atoms with E-state index in [2.05, 4.69) is 31.3 Å². The van der Waals surface area contributed by atoms with Crippen LogP contribution >= 0.6 is 7.82 Å². The van der Waals surface area contributed by atoms with Gasteiger partial charge in [0.15, 0.2) is 0 Å². The largest absolute Gasteiger partial charge is 0.472 e. The highest BCUT2D eigenvalue weighted by molar-refractivity contribution is 7.47. The SMILES string of the molecule is CCCCCCC/C=C\CCCCCCCC(=O)NC(COP(=O)(O)OCCN)C(O)CCCCCCCCCCCCCCCCCCCCCC. The number of nitrogens with two attached hydrogens (primary N) is 1. The van der Waals surface area contributed by atoms with E-state index in [0.717, 1.165) is 51.4 Å². The van der Waals surface area contributed by atoms with Crippen LogP contribution in [0.1, 0.15) is 232 Å². The van der Waals surface area contributed by atoms with Gasteiger partial charge in [-0.2, -0.15) is 0 Å². The van der Waals surface area contributed by atoms with Crippen LogP contribution < -0.4 is 11.1 Å². The van der Waals surface area contributed by atoms with Gasteiger partial charge in [0.25, 0.3) is 0 Å². The summed E-state index contributed by atoms with van der Waals surface area (Å²) in [5, 5.41) is 13.8. The predicted octanol–water partition coefficient (Wildman–Crippen LogP) is 12.8. The molecule has 3 unspecified atom stereocenters. The van der Waals surface area contributed by atoms with Gasteiger partial charge < -0.3 is 21.1 Å². The monoisotopic (exact) mass is 773 g/mol. The van der Waals surface area contributed by atoms with Crippen molar-refractivity contribution in [3.8, 4) is 0 Å². The Morgan fingerprint density at radius 3 is 1.40 bits per heavy atom. The van der Waals surface area contributed by atoms with Gasteiger partial charge in [0.2, 0.25) is 5.91 Å². The molecule has 1 amide bonds. The number of allylic oxidation sites excluding steroid dienone is 2. The number of aliphatic hydroxyl groups excluding tert-OH is 1. The third-order valence-electron chi connectivity index (χ3n) is 10.4. The van der Waals surface area contributed by atoms with Gasteiger partial charge in [0, 0.05) is 13.0 Å². The normalized spacial score (nSPS) is 14.1. The Balaban J connectivity index is 4.10. The molecule has 0 saturated carbocycles. The molecule has 0 bridgehead atoms. The number of aliphatic hydroxyl groups is 1. The molecule has 0 aromatic rings. The molecule has 316 valence electrons. The summed E-state index contributed by atoms with van der Waals surface area (Å²) in [6.45, 7) is 4.21. The summed E-state index contributed by atoms with van der Waals surface area (Å²) in [4.78, 5) is 22.7. The molecule has 0 aliphatic carbocycles. The standard InChI is InChI=1S/C44H89N2O6P/c1-3-5-7-9-11-13-15-17-19-20-21-22-23-24-25-27-29-31-33-35-37-43(47)42(41-52-53(49,50)51-40-39-45)46-44(48)38-36-34-32-30-28-26-18-16-14-12-10-8-6-4-2/h16,18,42-43,47H,3-15,17,19-41,45H2,1-2H3,(H,46,48)(H,49,50)/b18-16-. The highest BCUT2D eigenvalue weighted by atomic mass is 31.2. The van der Waals surface area contributed by atoms with E-state index in [1.165, 1.54) is 154 Å². The molecule has 8 nitrogen and oxygen atoms in total. The summed E-state index contributed by atoms with van der Waals surface area (Å²) >= 11 is 0. The Hall–Kier alpha value is -0.760. The molecule has 0 saturated heterocycles. The zero-order valence-corrected chi connectivity index (χ0v) is 35.9. The maximum Gasteiger partial charge on any atom is 0.472 e. The average Bonchev–Trinajstić information content (AvgIpc) is 3.14. The number of hydrogen-bond donors (Lipinski definition) is 4. The first-order valence-electron chi connectivity index (χ1n) is 22.8. The van der Waals surface area contributed by atoms with Gasteiger partial charge in [-0.3, -0.25) is 13.8 Å². The molecule has 0 rings (SSSR count).